The van der Waals surface area contributed by atoms with Gasteiger partial charge in [-0.15, -0.1) is 0 Å². The van der Waals surface area contributed by atoms with Crippen molar-refractivity contribution in [3.63, 3.8) is 0 Å². The molecular formula is C21H35NO3. The van der Waals surface area contributed by atoms with Crippen LogP contribution in [0.15, 0.2) is 30.3 Å². The van der Waals surface area contributed by atoms with Crippen LogP contribution in [-0.2, 0) is 20.7 Å². The van der Waals surface area contributed by atoms with Gasteiger partial charge in [-0.3, -0.25) is 4.79 Å². The normalized spacial score (nSPS) is 13.4. The molecule has 0 amide bonds. The summed E-state index contributed by atoms with van der Waals surface area (Å²) in [5.74, 6) is -0.295. The maximum atomic E-state index is 11.9. The molecule has 2 N–H and O–H groups in total. The van der Waals surface area contributed by atoms with Crippen molar-refractivity contribution in [2.45, 2.75) is 76.9 Å². The number of nitrogens with two attached hydrogens (primary N) is 1. The van der Waals surface area contributed by atoms with Crippen molar-refractivity contribution in [2.75, 3.05) is 13.7 Å². The number of hydrogen-bond acceptors (Lipinski definition) is 4. The Bertz CT molecular complexity index is 450. The Kier molecular flexibility index (Phi) is 12.0. The average Bonchev–Trinajstić information content (AvgIpc) is 2.63. The number of rotatable bonds is 14. The molecule has 1 aromatic rings. The van der Waals surface area contributed by atoms with E-state index >= 15 is 0 Å². The van der Waals surface area contributed by atoms with Crippen LogP contribution in [0.25, 0.3) is 0 Å². The van der Waals surface area contributed by atoms with E-state index in [1.54, 1.807) is 7.11 Å². The number of esters is 1. The van der Waals surface area contributed by atoms with Crippen LogP contribution >= 0.6 is 0 Å². The fourth-order valence-corrected chi connectivity index (χ4v) is 2.77. The van der Waals surface area contributed by atoms with Crippen LogP contribution < -0.4 is 5.73 Å². The molecule has 0 bridgehead atoms. The molecule has 25 heavy (non-hydrogen) atoms. The lowest BCUT2D eigenvalue weighted by Gasteiger charge is -2.11. The first-order valence-corrected chi connectivity index (χ1v) is 9.62. The number of carbonyl (C=O) groups is 1. The Labute approximate surface area is 153 Å². The van der Waals surface area contributed by atoms with Gasteiger partial charge in [0.25, 0.3) is 0 Å². The molecular weight excluding hydrogens is 314 g/mol. The molecule has 0 radical (unpaired) electrons. The Morgan fingerprint density at radius 1 is 1.00 bits per heavy atom. The zero-order valence-corrected chi connectivity index (χ0v) is 15.9. The molecule has 0 aliphatic rings. The molecule has 2 atom stereocenters. The van der Waals surface area contributed by atoms with Crippen LogP contribution in [0, 0.1) is 0 Å². The minimum atomic E-state index is -0.572. The molecule has 0 heterocycles. The van der Waals surface area contributed by atoms with E-state index < -0.39 is 6.04 Å². The minimum Gasteiger partial charge on any atom is -0.465 e. The van der Waals surface area contributed by atoms with Crippen LogP contribution in [0.4, 0.5) is 0 Å². The molecule has 0 saturated heterocycles. The summed E-state index contributed by atoms with van der Waals surface area (Å²) in [6.07, 6.45) is 10.3. The minimum absolute atomic E-state index is 0.295. The predicted molar refractivity (Wildman–Crippen MR) is 102 cm³/mol. The largest absolute Gasteiger partial charge is 0.465 e. The number of ether oxygens (including phenoxy) is 2. The third-order valence-electron chi connectivity index (χ3n) is 4.50. The van der Waals surface area contributed by atoms with E-state index in [9.17, 15) is 4.79 Å². The summed E-state index contributed by atoms with van der Waals surface area (Å²) in [4.78, 5) is 11.9. The summed E-state index contributed by atoms with van der Waals surface area (Å²) in [6.45, 7) is 2.60. The number of hydrogen-bond donors (Lipinski definition) is 1. The molecule has 0 saturated carbocycles. The maximum absolute atomic E-state index is 11.9. The van der Waals surface area contributed by atoms with Crippen LogP contribution in [0.3, 0.4) is 0 Å². The monoisotopic (exact) mass is 349 g/mol. The number of methoxy groups -OCH3 is 1. The molecule has 142 valence electrons. The zero-order chi connectivity index (χ0) is 18.3. The van der Waals surface area contributed by atoms with Crippen molar-refractivity contribution >= 4 is 5.97 Å². The van der Waals surface area contributed by atoms with Crippen molar-refractivity contribution in [3.8, 4) is 0 Å². The highest BCUT2D eigenvalue weighted by molar-refractivity contribution is 5.75. The standard InChI is InChI=1S/C21H35NO3/c1-18(24-2)13-9-6-4-3-5-7-12-16-25-21(23)20(22)17-19-14-10-8-11-15-19/h8,10-11,14-15,18,20H,3-7,9,12-13,16-17,22H2,1-2H3. The summed E-state index contributed by atoms with van der Waals surface area (Å²) in [6, 6.07) is 9.23. The number of benzene rings is 1. The fourth-order valence-electron chi connectivity index (χ4n) is 2.77. The third kappa shape index (κ3) is 11.0. The molecule has 4 heteroatoms. The summed E-state index contributed by atoms with van der Waals surface area (Å²) in [5, 5.41) is 0. The van der Waals surface area contributed by atoms with Crippen LogP contribution in [0.5, 0.6) is 0 Å². The highest BCUT2D eigenvalue weighted by atomic mass is 16.5. The van der Waals surface area contributed by atoms with Crippen LogP contribution in [0.1, 0.15) is 63.9 Å². The van der Waals surface area contributed by atoms with Gasteiger partial charge in [0.15, 0.2) is 0 Å². The van der Waals surface area contributed by atoms with Gasteiger partial charge in [-0.25, -0.2) is 0 Å². The van der Waals surface area contributed by atoms with Crippen molar-refractivity contribution in [3.05, 3.63) is 35.9 Å². The highest BCUT2D eigenvalue weighted by Crippen LogP contribution is 2.11. The van der Waals surface area contributed by atoms with E-state index in [1.807, 2.05) is 30.3 Å². The predicted octanol–water partition coefficient (Wildman–Crippen LogP) is 4.26. The number of unbranched alkanes of at least 4 members (excludes halogenated alkanes) is 6. The SMILES string of the molecule is COC(C)CCCCCCCCCOC(=O)C(N)Cc1ccccc1. The molecule has 0 aliphatic carbocycles. The summed E-state index contributed by atoms with van der Waals surface area (Å²) in [5.41, 5.74) is 6.97. The Morgan fingerprint density at radius 3 is 2.24 bits per heavy atom. The van der Waals surface area contributed by atoms with Gasteiger partial charge in [-0.05, 0) is 31.7 Å². The topological polar surface area (TPSA) is 61.5 Å². The zero-order valence-electron chi connectivity index (χ0n) is 15.9. The van der Waals surface area contributed by atoms with Gasteiger partial charge < -0.3 is 15.2 Å². The molecule has 1 aromatic carbocycles. The van der Waals surface area contributed by atoms with Crippen molar-refractivity contribution < 1.29 is 14.3 Å². The first-order chi connectivity index (χ1) is 12.1. The average molecular weight is 350 g/mol. The Morgan fingerprint density at radius 2 is 1.60 bits per heavy atom. The molecule has 2 unspecified atom stereocenters. The van der Waals surface area contributed by atoms with E-state index in [1.165, 1.54) is 32.1 Å². The van der Waals surface area contributed by atoms with Gasteiger partial charge in [-0.1, -0.05) is 68.9 Å². The second kappa shape index (κ2) is 13.9. The van der Waals surface area contributed by atoms with Gasteiger partial charge in [0, 0.05) is 7.11 Å². The van der Waals surface area contributed by atoms with Gasteiger partial charge in [0.2, 0.25) is 0 Å². The van der Waals surface area contributed by atoms with Crippen LogP contribution in [-0.4, -0.2) is 31.8 Å². The summed E-state index contributed by atoms with van der Waals surface area (Å²) >= 11 is 0. The van der Waals surface area contributed by atoms with E-state index in [2.05, 4.69) is 6.92 Å². The van der Waals surface area contributed by atoms with Gasteiger partial charge in [0.1, 0.15) is 6.04 Å². The van der Waals surface area contributed by atoms with Crippen LogP contribution in [0.2, 0.25) is 0 Å². The molecule has 0 spiro atoms. The van der Waals surface area contributed by atoms with E-state index in [0.717, 1.165) is 24.8 Å². The van der Waals surface area contributed by atoms with E-state index in [0.29, 0.717) is 19.1 Å². The Balaban J connectivity index is 1.94. The van der Waals surface area contributed by atoms with Crippen molar-refractivity contribution in [1.29, 1.82) is 0 Å². The molecule has 0 fully saturated rings. The van der Waals surface area contributed by atoms with Crippen molar-refractivity contribution in [2.24, 2.45) is 5.73 Å². The van der Waals surface area contributed by atoms with Crippen molar-refractivity contribution in [1.82, 2.24) is 0 Å². The maximum Gasteiger partial charge on any atom is 0.323 e. The first kappa shape index (κ1) is 21.7. The van der Waals surface area contributed by atoms with Gasteiger partial charge in [0.05, 0.1) is 12.7 Å². The second-order valence-corrected chi connectivity index (χ2v) is 6.77. The fraction of sp³-hybridized carbons (Fsp3) is 0.667. The quantitative estimate of drug-likeness (QED) is 0.403. The molecule has 0 aliphatic heterocycles. The molecule has 1 rings (SSSR count). The Hall–Kier alpha value is -1.39. The van der Waals surface area contributed by atoms with E-state index in [4.69, 9.17) is 15.2 Å². The smallest absolute Gasteiger partial charge is 0.323 e. The molecule has 4 nitrogen and oxygen atoms in total. The summed E-state index contributed by atoms with van der Waals surface area (Å²) in [7, 11) is 1.77. The van der Waals surface area contributed by atoms with E-state index in [-0.39, 0.29) is 5.97 Å². The van der Waals surface area contributed by atoms with Gasteiger partial charge >= 0.3 is 5.97 Å². The number of carbonyl (C=O) groups excluding carboxylic acids is 1. The molecule has 0 aromatic heterocycles. The highest BCUT2D eigenvalue weighted by Gasteiger charge is 2.15. The first-order valence-electron chi connectivity index (χ1n) is 9.62. The third-order valence-corrected chi connectivity index (χ3v) is 4.50. The lowest BCUT2D eigenvalue weighted by Crippen LogP contribution is -2.34. The second-order valence-electron chi connectivity index (χ2n) is 6.77. The summed E-state index contributed by atoms with van der Waals surface area (Å²) < 4.78 is 10.5. The lowest BCUT2D eigenvalue weighted by atomic mass is 10.1. The van der Waals surface area contributed by atoms with Gasteiger partial charge in [-0.2, -0.15) is 0 Å². The lowest BCUT2D eigenvalue weighted by molar-refractivity contribution is -0.145.